The maximum absolute atomic E-state index is 14.2. The molecule has 2 heterocycles. The van der Waals surface area contributed by atoms with Crippen LogP contribution in [0.4, 0.5) is 0 Å². The van der Waals surface area contributed by atoms with Gasteiger partial charge in [0.15, 0.2) is 0 Å². The molecule has 2 aliphatic rings. The summed E-state index contributed by atoms with van der Waals surface area (Å²) in [6.07, 6.45) is -0.476. The van der Waals surface area contributed by atoms with Gasteiger partial charge in [0.1, 0.15) is 28.5 Å². The van der Waals surface area contributed by atoms with Gasteiger partial charge in [0.2, 0.25) is 5.79 Å². The van der Waals surface area contributed by atoms with Crippen LogP contribution in [0.3, 0.4) is 0 Å². The first-order chi connectivity index (χ1) is 30.0. The SMILES string of the molecule is CCc1ccc(Cc2ccccc2C2([C@]3(O)O[C@H](COCc4ccccc4)[C@@H](OCc4ccccc4)[C@H](OCc4ccccc4)[C@H]3OCc3ccccc3)SCCCS2)cc1. The summed E-state index contributed by atoms with van der Waals surface area (Å²) >= 11 is 3.49. The molecule has 8 heteroatoms. The van der Waals surface area contributed by atoms with Gasteiger partial charge in [-0.15, -0.1) is 23.5 Å². The second-order valence-corrected chi connectivity index (χ2v) is 18.6. The number of aryl methyl sites for hydroxylation is 1. The van der Waals surface area contributed by atoms with Gasteiger partial charge in [-0.1, -0.05) is 177 Å². The maximum Gasteiger partial charge on any atom is 0.224 e. The molecule has 0 aliphatic carbocycles. The minimum Gasteiger partial charge on any atom is -0.374 e. The van der Waals surface area contributed by atoms with E-state index in [4.69, 9.17) is 23.7 Å². The molecule has 0 spiro atoms. The number of aliphatic hydroxyl groups is 1. The second kappa shape index (κ2) is 21.2. The lowest BCUT2D eigenvalue weighted by Crippen LogP contribution is -2.72. The van der Waals surface area contributed by atoms with E-state index in [-0.39, 0.29) is 19.8 Å². The molecule has 8 rings (SSSR count). The van der Waals surface area contributed by atoms with Crippen molar-refractivity contribution in [3.63, 3.8) is 0 Å². The molecule has 2 saturated heterocycles. The number of rotatable bonds is 18. The Balaban J connectivity index is 1.25. The smallest absolute Gasteiger partial charge is 0.224 e. The van der Waals surface area contributed by atoms with Crippen LogP contribution in [0.1, 0.15) is 57.9 Å². The Labute approximate surface area is 370 Å². The Morgan fingerprint density at radius 1 is 0.541 bits per heavy atom. The molecule has 0 amide bonds. The van der Waals surface area contributed by atoms with Gasteiger partial charge >= 0.3 is 0 Å². The zero-order valence-electron chi connectivity index (χ0n) is 34.9. The molecule has 6 aromatic carbocycles. The van der Waals surface area contributed by atoms with E-state index in [1.54, 1.807) is 23.5 Å². The fraction of sp³-hybridized carbons (Fsp3) is 0.321. The van der Waals surface area contributed by atoms with Crippen LogP contribution in [0, 0.1) is 0 Å². The van der Waals surface area contributed by atoms with Crippen LogP contribution in [-0.4, -0.2) is 53.4 Å². The lowest BCUT2D eigenvalue weighted by molar-refractivity contribution is -0.374. The topological polar surface area (TPSA) is 66.4 Å². The summed E-state index contributed by atoms with van der Waals surface area (Å²) in [4.78, 5) is 0. The molecule has 316 valence electrons. The summed E-state index contributed by atoms with van der Waals surface area (Å²) < 4.78 is 34.1. The third kappa shape index (κ3) is 10.5. The van der Waals surface area contributed by atoms with E-state index in [1.165, 1.54) is 11.1 Å². The molecule has 5 atom stereocenters. The van der Waals surface area contributed by atoms with Gasteiger partial charge in [0.05, 0.1) is 33.0 Å². The Morgan fingerprint density at radius 2 is 1.02 bits per heavy atom. The van der Waals surface area contributed by atoms with E-state index in [0.29, 0.717) is 19.6 Å². The minimum atomic E-state index is -1.92. The molecule has 0 aromatic heterocycles. The molecule has 2 aliphatic heterocycles. The van der Waals surface area contributed by atoms with Crippen molar-refractivity contribution in [2.24, 2.45) is 0 Å². The highest BCUT2D eigenvalue weighted by Crippen LogP contribution is 2.61. The van der Waals surface area contributed by atoms with Gasteiger partial charge in [0, 0.05) is 0 Å². The van der Waals surface area contributed by atoms with Gasteiger partial charge < -0.3 is 28.8 Å². The molecule has 2 fully saturated rings. The van der Waals surface area contributed by atoms with Gasteiger partial charge in [0.25, 0.3) is 0 Å². The zero-order valence-corrected chi connectivity index (χ0v) is 36.5. The van der Waals surface area contributed by atoms with Crippen LogP contribution < -0.4 is 0 Å². The molecule has 61 heavy (non-hydrogen) atoms. The fourth-order valence-corrected chi connectivity index (χ4v) is 11.9. The molecular weight excluding hydrogens is 797 g/mol. The van der Waals surface area contributed by atoms with E-state index in [2.05, 4.69) is 91.9 Å². The van der Waals surface area contributed by atoms with Gasteiger partial charge in [-0.05, 0) is 75.3 Å². The first-order valence-corrected chi connectivity index (χ1v) is 23.4. The number of hydrogen-bond donors (Lipinski definition) is 1. The first-order valence-electron chi connectivity index (χ1n) is 21.5. The molecule has 0 saturated carbocycles. The lowest BCUT2D eigenvalue weighted by atomic mass is 9.85. The van der Waals surface area contributed by atoms with Crippen LogP contribution >= 0.6 is 23.5 Å². The summed E-state index contributed by atoms with van der Waals surface area (Å²) in [5.74, 6) is -0.251. The van der Waals surface area contributed by atoms with Crippen LogP contribution in [0.2, 0.25) is 0 Å². The summed E-state index contributed by atoms with van der Waals surface area (Å²) in [5, 5.41) is 14.2. The second-order valence-electron chi connectivity index (χ2n) is 15.8. The van der Waals surface area contributed by atoms with E-state index in [1.807, 2.05) is 84.9 Å². The third-order valence-electron chi connectivity index (χ3n) is 11.5. The summed E-state index contributed by atoms with van der Waals surface area (Å²) in [6.45, 7) is 3.55. The summed E-state index contributed by atoms with van der Waals surface area (Å²) in [5.41, 5.74) is 8.73. The van der Waals surface area contributed by atoms with Crippen molar-refractivity contribution >= 4 is 23.5 Å². The quantitative estimate of drug-likeness (QED) is 0.0917. The highest BCUT2D eigenvalue weighted by atomic mass is 32.2. The van der Waals surface area contributed by atoms with Crippen LogP contribution in [0.25, 0.3) is 0 Å². The Morgan fingerprint density at radius 3 is 1.57 bits per heavy atom. The normalized spacial score (nSPS) is 22.5. The van der Waals surface area contributed by atoms with E-state index in [0.717, 1.165) is 57.7 Å². The van der Waals surface area contributed by atoms with Crippen molar-refractivity contribution < 1.29 is 28.8 Å². The van der Waals surface area contributed by atoms with Crippen LogP contribution in [-0.2, 0) is 67.0 Å². The van der Waals surface area contributed by atoms with Crippen molar-refractivity contribution in [2.45, 2.75) is 86.9 Å². The van der Waals surface area contributed by atoms with E-state index in [9.17, 15) is 5.11 Å². The number of ether oxygens (including phenoxy) is 5. The number of thioether (sulfide) groups is 2. The van der Waals surface area contributed by atoms with Crippen LogP contribution in [0.5, 0.6) is 0 Å². The van der Waals surface area contributed by atoms with Crippen molar-refractivity contribution in [3.8, 4) is 0 Å². The molecule has 0 unspecified atom stereocenters. The Kier molecular flexibility index (Phi) is 15.1. The number of hydrogen-bond acceptors (Lipinski definition) is 8. The van der Waals surface area contributed by atoms with Crippen molar-refractivity contribution in [2.75, 3.05) is 18.1 Å². The van der Waals surface area contributed by atoms with Crippen molar-refractivity contribution in [3.05, 3.63) is 214 Å². The molecule has 6 nitrogen and oxygen atoms in total. The highest BCUT2D eigenvalue weighted by Gasteiger charge is 2.67. The fourth-order valence-electron chi connectivity index (χ4n) is 8.31. The van der Waals surface area contributed by atoms with E-state index < -0.39 is 34.3 Å². The van der Waals surface area contributed by atoms with Gasteiger partial charge in [-0.2, -0.15) is 0 Å². The average Bonchev–Trinajstić information content (AvgIpc) is 3.32. The highest BCUT2D eigenvalue weighted by molar-refractivity contribution is 8.18. The molecular formula is C53H56O6S2. The zero-order chi connectivity index (χ0) is 41.7. The van der Waals surface area contributed by atoms with E-state index >= 15 is 0 Å². The number of benzene rings is 6. The first kappa shape index (κ1) is 43.4. The molecule has 0 radical (unpaired) electrons. The van der Waals surface area contributed by atoms with Crippen molar-refractivity contribution in [1.29, 1.82) is 0 Å². The maximum atomic E-state index is 14.2. The third-order valence-corrected chi connectivity index (χ3v) is 15.0. The minimum absolute atomic E-state index is 0.157. The molecule has 1 N–H and O–H groups in total. The predicted molar refractivity (Wildman–Crippen MR) is 247 cm³/mol. The van der Waals surface area contributed by atoms with Crippen LogP contribution in [0.15, 0.2) is 170 Å². The van der Waals surface area contributed by atoms with Gasteiger partial charge in [-0.3, -0.25) is 0 Å². The summed E-state index contributed by atoms with van der Waals surface area (Å²) in [6, 6.07) is 58.0. The standard InChI is InChI=1S/C53H56O6S2/c1-2-40-28-30-41(31-29-40)34-46-26-15-16-27-47(46)53(60-32-17-33-61-53)52(54)51(58-38-45-24-13-6-14-25-45)50(57-37-44-22-11-5-12-23-44)49(56-36-43-20-9-4-10-21-43)48(59-52)39-55-35-42-18-7-3-8-19-42/h3-16,18-31,48-51,54H,2,17,32-39H2,1H3/t48-,49-,50+,51-,52-/m1/s1. The lowest BCUT2D eigenvalue weighted by Gasteiger charge is -2.58. The van der Waals surface area contributed by atoms with Crippen molar-refractivity contribution in [1.82, 2.24) is 0 Å². The predicted octanol–water partition coefficient (Wildman–Crippen LogP) is 10.9. The van der Waals surface area contributed by atoms with Gasteiger partial charge in [-0.25, -0.2) is 0 Å². The molecule has 0 bridgehead atoms. The average molecular weight is 853 g/mol. The Bertz CT molecular complexity index is 2200. The molecule has 6 aromatic rings. The largest absolute Gasteiger partial charge is 0.374 e. The monoisotopic (exact) mass is 852 g/mol. The Hall–Kier alpha value is -4.22. The summed E-state index contributed by atoms with van der Waals surface area (Å²) in [7, 11) is 0.